The summed E-state index contributed by atoms with van der Waals surface area (Å²) in [6.45, 7) is 0.533. The van der Waals surface area contributed by atoms with Gasteiger partial charge in [-0.3, -0.25) is 9.59 Å². The van der Waals surface area contributed by atoms with E-state index in [1.54, 1.807) is 19.9 Å². The summed E-state index contributed by atoms with van der Waals surface area (Å²) < 4.78 is 32.3. The van der Waals surface area contributed by atoms with Crippen LogP contribution in [-0.4, -0.2) is 51.2 Å². The standard InChI is InChI=1S/C18H20N8O4/c1-5-13(27)23-12-8-11(14(25-24-12)18(28)19-3)22-17-15(29-4)10(6-7-20-17)16-21-9(2)30-26-16/h6-8H,5H2,1-4H3,(H,19,28)(H2,20,22,23,24,27)/i3D3. The number of rotatable bonds is 7. The maximum atomic E-state index is 12.5. The lowest BCUT2D eigenvalue weighted by molar-refractivity contribution is -0.115. The normalized spacial score (nSPS) is 12.3. The highest BCUT2D eigenvalue weighted by atomic mass is 16.5. The van der Waals surface area contributed by atoms with Crippen molar-refractivity contribution in [3.05, 3.63) is 29.9 Å². The van der Waals surface area contributed by atoms with E-state index in [9.17, 15) is 9.59 Å². The van der Waals surface area contributed by atoms with Gasteiger partial charge in [-0.1, -0.05) is 12.1 Å². The second-order valence-electron chi connectivity index (χ2n) is 5.85. The van der Waals surface area contributed by atoms with E-state index >= 15 is 0 Å². The average Bonchev–Trinajstić information content (AvgIpc) is 3.18. The number of methoxy groups -OCH3 is 1. The highest BCUT2D eigenvalue weighted by Crippen LogP contribution is 2.35. The molecule has 0 saturated carbocycles. The van der Waals surface area contributed by atoms with Crippen LogP contribution in [0.1, 0.15) is 33.8 Å². The molecule has 12 nitrogen and oxygen atoms in total. The summed E-state index contributed by atoms with van der Waals surface area (Å²) in [5.74, 6) is -0.353. The Kier molecular flexibility index (Phi) is 5.01. The summed E-state index contributed by atoms with van der Waals surface area (Å²) >= 11 is 0. The third kappa shape index (κ3) is 4.32. The summed E-state index contributed by atoms with van der Waals surface area (Å²) in [5, 5.41) is 18.7. The molecule has 3 N–H and O–H groups in total. The molecular weight excluding hydrogens is 392 g/mol. The Hall–Kier alpha value is -4.09. The molecule has 30 heavy (non-hydrogen) atoms. The Morgan fingerprint density at radius 2 is 2.17 bits per heavy atom. The van der Waals surface area contributed by atoms with Gasteiger partial charge in [-0.2, -0.15) is 4.98 Å². The lowest BCUT2D eigenvalue weighted by atomic mass is 10.2. The van der Waals surface area contributed by atoms with E-state index in [2.05, 4.69) is 36.0 Å². The van der Waals surface area contributed by atoms with Gasteiger partial charge in [0.25, 0.3) is 5.91 Å². The Bertz CT molecular complexity index is 1180. The Labute approximate surface area is 175 Å². The molecule has 0 saturated heterocycles. The molecule has 0 aromatic carbocycles. The third-order valence-corrected chi connectivity index (χ3v) is 3.84. The topological polar surface area (TPSA) is 157 Å². The molecule has 0 atom stereocenters. The third-order valence-electron chi connectivity index (χ3n) is 3.84. The molecule has 3 aromatic rings. The van der Waals surface area contributed by atoms with Crippen LogP contribution in [0.3, 0.4) is 0 Å². The summed E-state index contributed by atoms with van der Waals surface area (Å²) in [4.78, 5) is 32.7. The molecule has 156 valence electrons. The largest absolute Gasteiger partial charge is 0.492 e. The van der Waals surface area contributed by atoms with Gasteiger partial charge in [0, 0.05) is 36.7 Å². The van der Waals surface area contributed by atoms with Crippen LogP contribution in [-0.2, 0) is 4.79 Å². The first-order valence-electron chi connectivity index (χ1n) is 10.2. The van der Waals surface area contributed by atoms with Gasteiger partial charge in [0.05, 0.1) is 18.4 Å². The first-order chi connectivity index (χ1) is 15.6. The van der Waals surface area contributed by atoms with Gasteiger partial charge in [0.15, 0.2) is 23.1 Å². The zero-order valence-corrected chi connectivity index (χ0v) is 16.3. The number of aryl methyl sites for hydroxylation is 1. The zero-order valence-electron chi connectivity index (χ0n) is 19.3. The summed E-state index contributed by atoms with van der Waals surface area (Å²) in [5.41, 5.74) is 0.123. The maximum Gasteiger partial charge on any atom is 0.273 e. The number of pyridine rings is 1. The summed E-state index contributed by atoms with van der Waals surface area (Å²) in [6, 6.07) is 2.93. The fourth-order valence-corrected chi connectivity index (χ4v) is 2.46. The van der Waals surface area contributed by atoms with Gasteiger partial charge in [0.2, 0.25) is 17.6 Å². The van der Waals surface area contributed by atoms with Gasteiger partial charge in [-0.25, -0.2) is 4.98 Å². The number of anilines is 3. The van der Waals surface area contributed by atoms with Crippen molar-refractivity contribution in [3.63, 3.8) is 0 Å². The number of hydrogen-bond donors (Lipinski definition) is 3. The molecule has 0 bridgehead atoms. The van der Waals surface area contributed by atoms with Gasteiger partial charge >= 0.3 is 0 Å². The van der Waals surface area contributed by atoms with Crippen LogP contribution in [0.2, 0.25) is 0 Å². The van der Waals surface area contributed by atoms with Crippen molar-refractivity contribution in [2.45, 2.75) is 20.3 Å². The van der Waals surface area contributed by atoms with Gasteiger partial charge < -0.3 is 25.2 Å². The molecule has 0 aliphatic heterocycles. The van der Waals surface area contributed by atoms with Crippen molar-refractivity contribution in [1.82, 2.24) is 30.6 Å². The van der Waals surface area contributed by atoms with Crippen LogP contribution in [0.5, 0.6) is 5.75 Å². The number of aromatic nitrogens is 5. The molecule has 0 fully saturated rings. The smallest absolute Gasteiger partial charge is 0.273 e. The highest BCUT2D eigenvalue weighted by molar-refractivity contribution is 5.99. The molecule has 3 heterocycles. The molecule has 12 heteroatoms. The Balaban J connectivity index is 2.06. The van der Waals surface area contributed by atoms with E-state index in [1.165, 1.54) is 19.4 Å². The minimum absolute atomic E-state index is 0.0189. The molecule has 0 unspecified atom stereocenters. The van der Waals surface area contributed by atoms with E-state index < -0.39 is 12.9 Å². The quantitative estimate of drug-likeness (QED) is 0.518. The first kappa shape index (κ1) is 16.8. The molecule has 2 amide bonds. The van der Waals surface area contributed by atoms with Crippen LogP contribution in [0, 0.1) is 6.92 Å². The fourth-order valence-electron chi connectivity index (χ4n) is 2.46. The van der Waals surface area contributed by atoms with Crippen LogP contribution < -0.4 is 20.7 Å². The monoisotopic (exact) mass is 415 g/mol. The second-order valence-corrected chi connectivity index (χ2v) is 5.85. The number of amides is 2. The summed E-state index contributed by atoms with van der Waals surface area (Å²) in [7, 11) is 1.40. The predicted molar refractivity (Wildman–Crippen MR) is 106 cm³/mol. The van der Waals surface area contributed by atoms with Crippen LogP contribution >= 0.6 is 0 Å². The molecule has 0 aliphatic carbocycles. The number of carbonyl (C=O) groups excluding carboxylic acids is 2. The molecule has 0 aliphatic rings. The Morgan fingerprint density at radius 1 is 1.33 bits per heavy atom. The number of ether oxygens (including phenoxy) is 1. The SMILES string of the molecule is [2H]C([2H])([2H])NC(=O)c1nnc(NC(=O)CC)cc1Nc1nccc(-c2noc(C)n2)c1OC. The van der Waals surface area contributed by atoms with E-state index in [-0.39, 0.29) is 46.9 Å². The molecule has 0 radical (unpaired) electrons. The van der Waals surface area contributed by atoms with E-state index in [4.69, 9.17) is 13.4 Å². The molecule has 3 aromatic heterocycles. The van der Waals surface area contributed by atoms with E-state index in [0.29, 0.717) is 11.5 Å². The van der Waals surface area contributed by atoms with Crippen LogP contribution in [0.15, 0.2) is 22.9 Å². The molecule has 0 spiro atoms. The highest BCUT2D eigenvalue weighted by Gasteiger charge is 2.20. The van der Waals surface area contributed by atoms with E-state index in [1.807, 2.05) is 5.32 Å². The zero-order chi connectivity index (χ0) is 24.2. The van der Waals surface area contributed by atoms with Crippen molar-refractivity contribution in [1.29, 1.82) is 0 Å². The average molecular weight is 415 g/mol. The van der Waals surface area contributed by atoms with Crippen molar-refractivity contribution in [2.75, 3.05) is 24.7 Å². The summed E-state index contributed by atoms with van der Waals surface area (Å²) in [6.07, 6.45) is 1.63. The molecular formula is C18H20N8O4. The van der Waals surface area contributed by atoms with Crippen molar-refractivity contribution >= 4 is 29.1 Å². The van der Waals surface area contributed by atoms with Gasteiger partial charge in [0.1, 0.15) is 0 Å². The van der Waals surface area contributed by atoms with Crippen molar-refractivity contribution in [2.24, 2.45) is 0 Å². The number of nitrogens with zero attached hydrogens (tertiary/aromatic N) is 5. The van der Waals surface area contributed by atoms with Gasteiger partial charge in [-0.05, 0) is 6.07 Å². The minimum Gasteiger partial charge on any atom is -0.492 e. The second kappa shape index (κ2) is 8.94. The van der Waals surface area contributed by atoms with Crippen molar-refractivity contribution < 1.29 is 23.0 Å². The van der Waals surface area contributed by atoms with Crippen LogP contribution in [0.25, 0.3) is 11.4 Å². The lowest BCUT2D eigenvalue weighted by Crippen LogP contribution is -2.22. The maximum absolute atomic E-state index is 12.5. The van der Waals surface area contributed by atoms with Crippen LogP contribution in [0.4, 0.5) is 17.3 Å². The number of carbonyl (C=O) groups is 2. The Morgan fingerprint density at radius 3 is 2.83 bits per heavy atom. The predicted octanol–water partition coefficient (Wildman–Crippen LogP) is 1.69. The van der Waals surface area contributed by atoms with Crippen molar-refractivity contribution in [3.8, 4) is 17.1 Å². The number of nitrogens with one attached hydrogen (secondary N) is 3. The molecule has 3 rings (SSSR count). The minimum atomic E-state index is -2.75. The first-order valence-corrected chi connectivity index (χ1v) is 8.72. The number of hydrogen-bond acceptors (Lipinski definition) is 10. The lowest BCUT2D eigenvalue weighted by Gasteiger charge is -2.14. The van der Waals surface area contributed by atoms with Gasteiger partial charge in [-0.15, -0.1) is 10.2 Å². The van der Waals surface area contributed by atoms with E-state index in [0.717, 1.165) is 0 Å². The fraction of sp³-hybridized carbons (Fsp3) is 0.278.